The third-order valence-electron chi connectivity index (χ3n) is 3.20. The maximum atomic E-state index is 13.5. The van der Waals surface area contributed by atoms with Gasteiger partial charge in [-0.2, -0.15) is 0 Å². The zero-order valence-corrected chi connectivity index (χ0v) is 11.3. The highest BCUT2D eigenvalue weighted by molar-refractivity contribution is 5.20. The van der Waals surface area contributed by atoms with Crippen molar-refractivity contribution in [2.24, 2.45) is 0 Å². The number of methoxy groups -OCH3 is 1. The first-order chi connectivity index (χ1) is 8.45. The van der Waals surface area contributed by atoms with Gasteiger partial charge in [0.25, 0.3) is 0 Å². The Morgan fingerprint density at radius 2 is 1.72 bits per heavy atom. The molecule has 1 rings (SSSR count). The van der Waals surface area contributed by atoms with Crippen molar-refractivity contribution in [1.82, 2.24) is 5.32 Å². The molecule has 0 aliphatic carbocycles. The van der Waals surface area contributed by atoms with Gasteiger partial charge in [0.15, 0.2) is 0 Å². The fourth-order valence-corrected chi connectivity index (χ4v) is 1.88. The molecule has 3 unspecified atom stereocenters. The highest BCUT2D eigenvalue weighted by Gasteiger charge is 2.17. The van der Waals surface area contributed by atoms with Gasteiger partial charge in [-0.05, 0) is 39.3 Å². The van der Waals surface area contributed by atoms with E-state index in [0.717, 1.165) is 0 Å². The molecule has 0 amide bonds. The summed E-state index contributed by atoms with van der Waals surface area (Å²) in [6.07, 6.45) is 0.372. The molecule has 0 radical (unpaired) electrons. The van der Waals surface area contributed by atoms with E-state index < -0.39 is 11.6 Å². The molecule has 1 aromatic rings. The van der Waals surface area contributed by atoms with Crippen molar-refractivity contribution in [3.05, 3.63) is 35.4 Å². The predicted molar refractivity (Wildman–Crippen MR) is 68.6 cm³/mol. The molecule has 0 fully saturated rings. The number of ether oxygens (including phenoxy) is 1. The Labute approximate surface area is 107 Å². The average molecular weight is 257 g/mol. The van der Waals surface area contributed by atoms with Gasteiger partial charge in [0, 0.05) is 24.8 Å². The summed E-state index contributed by atoms with van der Waals surface area (Å²) < 4.78 is 32.2. The van der Waals surface area contributed by atoms with E-state index in [1.54, 1.807) is 7.11 Å². The monoisotopic (exact) mass is 257 g/mol. The largest absolute Gasteiger partial charge is 0.380 e. The van der Waals surface area contributed by atoms with Gasteiger partial charge in [-0.3, -0.25) is 0 Å². The van der Waals surface area contributed by atoms with Gasteiger partial charge in [-0.25, -0.2) is 8.78 Å². The van der Waals surface area contributed by atoms with Crippen molar-refractivity contribution >= 4 is 0 Å². The third-order valence-corrected chi connectivity index (χ3v) is 3.20. The van der Waals surface area contributed by atoms with Crippen molar-refractivity contribution < 1.29 is 13.5 Å². The van der Waals surface area contributed by atoms with E-state index in [0.29, 0.717) is 6.42 Å². The van der Waals surface area contributed by atoms with Gasteiger partial charge >= 0.3 is 0 Å². The summed E-state index contributed by atoms with van der Waals surface area (Å²) in [4.78, 5) is 0. The van der Waals surface area contributed by atoms with E-state index in [-0.39, 0.29) is 23.8 Å². The second-order valence-electron chi connectivity index (χ2n) is 4.70. The summed E-state index contributed by atoms with van der Waals surface area (Å²) in [5.41, 5.74) is 0.134. The average Bonchev–Trinajstić information content (AvgIpc) is 2.32. The Kier molecular flexibility index (Phi) is 5.69. The fraction of sp³-hybridized carbons (Fsp3) is 0.571. The van der Waals surface area contributed by atoms with E-state index in [1.807, 2.05) is 20.8 Å². The van der Waals surface area contributed by atoms with Crippen LogP contribution >= 0.6 is 0 Å². The van der Waals surface area contributed by atoms with Gasteiger partial charge in [0.1, 0.15) is 11.6 Å². The second-order valence-corrected chi connectivity index (χ2v) is 4.70. The highest BCUT2D eigenvalue weighted by atomic mass is 19.1. The normalized spacial score (nSPS) is 16.3. The Morgan fingerprint density at radius 1 is 1.17 bits per heavy atom. The zero-order chi connectivity index (χ0) is 13.7. The molecule has 1 aromatic carbocycles. The van der Waals surface area contributed by atoms with Crippen LogP contribution in [0.2, 0.25) is 0 Å². The van der Waals surface area contributed by atoms with Crippen LogP contribution in [0.3, 0.4) is 0 Å². The lowest BCUT2D eigenvalue weighted by molar-refractivity contribution is 0.0851. The third kappa shape index (κ3) is 4.03. The summed E-state index contributed by atoms with van der Waals surface area (Å²) in [6.45, 7) is 5.85. The van der Waals surface area contributed by atoms with Gasteiger partial charge in [0.05, 0.1) is 6.10 Å². The maximum Gasteiger partial charge on any atom is 0.129 e. The molecule has 2 nitrogen and oxygen atoms in total. The van der Waals surface area contributed by atoms with Crippen LogP contribution in [-0.4, -0.2) is 25.3 Å². The van der Waals surface area contributed by atoms with E-state index in [4.69, 9.17) is 4.74 Å². The summed E-state index contributed by atoms with van der Waals surface area (Å²) >= 11 is 0. The molecule has 0 heterocycles. The molecule has 3 atom stereocenters. The Morgan fingerprint density at radius 3 is 2.22 bits per heavy atom. The van der Waals surface area contributed by atoms with E-state index >= 15 is 0 Å². The molecule has 4 heteroatoms. The molecule has 0 spiro atoms. The number of hydrogen-bond donors (Lipinski definition) is 1. The number of hydrogen-bond acceptors (Lipinski definition) is 2. The predicted octanol–water partition coefficient (Wildman–Crippen LogP) is 2.91. The van der Waals surface area contributed by atoms with Crippen LogP contribution in [-0.2, 0) is 11.2 Å². The van der Waals surface area contributed by atoms with Crippen molar-refractivity contribution in [2.75, 3.05) is 7.11 Å². The summed E-state index contributed by atoms with van der Waals surface area (Å²) in [7, 11) is 1.64. The molecule has 18 heavy (non-hydrogen) atoms. The van der Waals surface area contributed by atoms with Crippen LogP contribution in [0.4, 0.5) is 8.78 Å². The lowest BCUT2D eigenvalue weighted by atomic mass is 10.0. The lowest BCUT2D eigenvalue weighted by Gasteiger charge is -2.24. The molecule has 0 saturated carbocycles. The van der Waals surface area contributed by atoms with Crippen LogP contribution in [0.15, 0.2) is 18.2 Å². The second kappa shape index (κ2) is 6.81. The lowest BCUT2D eigenvalue weighted by Crippen LogP contribution is -2.42. The number of nitrogens with one attached hydrogen (secondary N) is 1. The molecule has 0 aliphatic heterocycles. The van der Waals surface area contributed by atoms with Crippen molar-refractivity contribution in [2.45, 2.75) is 45.4 Å². The summed E-state index contributed by atoms with van der Waals surface area (Å²) in [5, 5.41) is 3.28. The smallest absolute Gasteiger partial charge is 0.129 e. The topological polar surface area (TPSA) is 21.3 Å². The molecular weight excluding hydrogens is 236 g/mol. The molecule has 0 saturated heterocycles. The van der Waals surface area contributed by atoms with Gasteiger partial charge in [-0.1, -0.05) is 6.07 Å². The van der Waals surface area contributed by atoms with Crippen LogP contribution < -0.4 is 5.32 Å². The summed E-state index contributed by atoms with van der Waals surface area (Å²) in [6, 6.07) is 4.05. The van der Waals surface area contributed by atoms with Crippen molar-refractivity contribution in [3.8, 4) is 0 Å². The standard InChI is InChI=1S/C14H21F2NO/c1-9(17-10(2)11(3)18-4)8-12-13(15)6-5-7-14(12)16/h5-7,9-11,17H,8H2,1-4H3. The van der Waals surface area contributed by atoms with Crippen molar-refractivity contribution in [1.29, 1.82) is 0 Å². The van der Waals surface area contributed by atoms with Crippen LogP contribution in [0, 0.1) is 11.6 Å². The van der Waals surface area contributed by atoms with Crippen LogP contribution in [0.1, 0.15) is 26.3 Å². The Balaban J connectivity index is 2.62. The fourth-order valence-electron chi connectivity index (χ4n) is 1.88. The first-order valence-electron chi connectivity index (χ1n) is 6.17. The molecule has 0 aliphatic rings. The molecular formula is C14H21F2NO. The van der Waals surface area contributed by atoms with E-state index in [2.05, 4.69) is 5.32 Å². The number of benzene rings is 1. The molecule has 0 aromatic heterocycles. The van der Waals surface area contributed by atoms with E-state index in [1.165, 1.54) is 18.2 Å². The first-order valence-corrected chi connectivity index (χ1v) is 6.17. The molecule has 102 valence electrons. The van der Waals surface area contributed by atoms with Gasteiger partial charge < -0.3 is 10.1 Å². The number of rotatable bonds is 6. The number of halogens is 2. The van der Waals surface area contributed by atoms with Crippen molar-refractivity contribution in [3.63, 3.8) is 0 Å². The minimum absolute atomic E-state index is 0.0241. The first kappa shape index (κ1) is 15.1. The molecule has 0 bridgehead atoms. The maximum absolute atomic E-state index is 13.5. The zero-order valence-electron chi connectivity index (χ0n) is 11.3. The Bertz CT molecular complexity index is 364. The molecule has 1 N–H and O–H groups in total. The minimum Gasteiger partial charge on any atom is -0.380 e. The Hall–Kier alpha value is -1.00. The SMILES string of the molecule is COC(C)C(C)NC(C)Cc1c(F)cccc1F. The quantitative estimate of drug-likeness (QED) is 0.846. The van der Waals surface area contributed by atoms with Crippen LogP contribution in [0.25, 0.3) is 0 Å². The minimum atomic E-state index is -0.490. The van der Waals surface area contributed by atoms with Gasteiger partial charge in [0.2, 0.25) is 0 Å². The van der Waals surface area contributed by atoms with E-state index in [9.17, 15) is 8.78 Å². The highest BCUT2D eigenvalue weighted by Crippen LogP contribution is 2.14. The van der Waals surface area contributed by atoms with Gasteiger partial charge in [-0.15, -0.1) is 0 Å². The van der Waals surface area contributed by atoms with Crippen LogP contribution in [0.5, 0.6) is 0 Å². The summed E-state index contributed by atoms with van der Waals surface area (Å²) in [5.74, 6) is -0.979.